The summed E-state index contributed by atoms with van der Waals surface area (Å²) in [7, 11) is 0. The smallest absolute Gasteiger partial charge is 0.244 e. The van der Waals surface area contributed by atoms with Crippen molar-refractivity contribution >= 4 is 6.08 Å². The van der Waals surface area contributed by atoms with Crippen molar-refractivity contribution in [2.75, 3.05) is 0 Å². The minimum Gasteiger partial charge on any atom is -0.244 e. The topological polar surface area (TPSA) is 54.5 Å². The van der Waals surface area contributed by atoms with Crippen LogP contribution in [0.5, 0.6) is 0 Å². The van der Waals surface area contributed by atoms with Gasteiger partial charge in [-0.2, -0.15) is 5.26 Å². The summed E-state index contributed by atoms with van der Waals surface area (Å²) in [5.41, 5.74) is 3.33. The summed E-state index contributed by atoms with van der Waals surface area (Å²) < 4.78 is 1.80. The molecule has 0 saturated heterocycles. The lowest BCUT2D eigenvalue weighted by Gasteiger charge is -2.06. The van der Waals surface area contributed by atoms with Crippen LogP contribution in [0.25, 0.3) is 6.08 Å². The highest BCUT2D eigenvalue weighted by molar-refractivity contribution is 5.47. The predicted molar refractivity (Wildman–Crippen MR) is 89.6 cm³/mol. The van der Waals surface area contributed by atoms with Crippen LogP contribution in [0.1, 0.15) is 28.3 Å². The van der Waals surface area contributed by atoms with Crippen LogP contribution >= 0.6 is 0 Å². The van der Waals surface area contributed by atoms with Crippen LogP contribution in [0.4, 0.5) is 0 Å². The van der Waals surface area contributed by atoms with Crippen molar-refractivity contribution < 1.29 is 0 Å². The van der Waals surface area contributed by atoms with Crippen molar-refractivity contribution in [1.82, 2.24) is 14.8 Å². The quantitative estimate of drug-likeness (QED) is 0.725. The van der Waals surface area contributed by atoms with Gasteiger partial charge in [-0.05, 0) is 16.7 Å². The first-order valence-corrected chi connectivity index (χ1v) is 7.37. The summed E-state index contributed by atoms with van der Waals surface area (Å²) in [5.74, 6) is 0.999. The van der Waals surface area contributed by atoms with E-state index in [4.69, 9.17) is 5.26 Å². The number of rotatable bonds is 5. The van der Waals surface area contributed by atoms with Crippen molar-refractivity contribution in [3.8, 4) is 6.07 Å². The second kappa shape index (κ2) is 6.71. The molecule has 0 atom stereocenters. The van der Waals surface area contributed by atoms with Crippen molar-refractivity contribution in [2.45, 2.75) is 13.0 Å². The van der Waals surface area contributed by atoms with E-state index in [0.717, 1.165) is 22.5 Å². The minimum atomic E-state index is 0.207. The lowest BCUT2D eigenvalue weighted by atomic mass is 10.1. The molecule has 4 nitrogen and oxygen atoms in total. The van der Waals surface area contributed by atoms with Crippen LogP contribution in [0.15, 0.2) is 61.2 Å². The van der Waals surface area contributed by atoms with Crippen molar-refractivity contribution in [2.24, 2.45) is 0 Å². The average Bonchev–Trinajstić information content (AvgIpc) is 2.98. The molecule has 0 bridgehead atoms. The number of nitriles is 1. The zero-order valence-electron chi connectivity index (χ0n) is 12.7. The summed E-state index contributed by atoms with van der Waals surface area (Å²) >= 11 is 0. The molecule has 0 amide bonds. The Balaban J connectivity index is 1.87. The molecule has 1 aromatic heterocycles. The van der Waals surface area contributed by atoms with E-state index in [2.05, 4.69) is 16.7 Å². The van der Waals surface area contributed by atoms with E-state index in [1.165, 1.54) is 0 Å². The first-order chi connectivity index (χ1) is 11.3. The normalized spacial score (nSPS) is 10.2. The average molecular weight is 300 g/mol. The van der Waals surface area contributed by atoms with Crippen LogP contribution in [0, 0.1) is 11.3 Å². The van der Waals surface area contributed by atoms with Crippen molar-refractivity contribution in [1.29, 1.82) is 5.26 Å². The molecule has 4 heteroatoms. The lowest BCUT2D eigenvalue weighted by molar-refractivity contribution is 0.646. The molecule has 0 aliphatic heterocycles. The molecule has 0 N–H and O–H groups in total. The van der Waals surface area contributed by atoms with Crippen molar-refractivity contribution in [3.63, 3.8) is 0 Å². The molecule has 0 aliphatic rings. The second-order valence-electron chi connectivity index (χ2n) is 5.23. The van der Waals surface area contributed by atoms with Crippen LogP contribution in [0.3, 0.4) is 0 Å². The molecule has 23 heavy (non-hydrogen) atoms. The third kappa shape index (κ3) is 3.53. The first-order valence-electron chi connectivity index (χ1n) is 7.37. The predicted octanol–water partition coefficient (Wildman–Crippen LogP) is 3.43. The molecule has 3 aromatic rings. The number of aromatic nitrogens is 3. The molecule has 2 aromatic carbocycles. The maximum absolute atomic E-state index is 9.08. The van der Waals surface area contributed by atoms with Gasteiger partial charge in [-0.25, -0.2) is 9.67 Å². The van der Waals surface area contributed by atoms with Gasteiger partial charge in [0.05, 0.1) is 6.54 Å². The van der Waals surface area contributed by atoms with Crippen LogP contribution in [-0.2, 0) is 13.0 Å². The molecule has 0 radical (unpaired) electrons. The standard InChI is InChI=1S/C19H16N4/c1-2-15-8-10-17(11-9-15)14-23-19(21-18(13-20)22-23)12-16-6-4-3-5-7-16/h2-11H,1,12,14H2. The Kier molecular flexibility index (Phi) is 4.30. The van der Waals surface area contributed by atoms with Crippen molar-refractivity contribution in [3.05, 3.63) is 89.5 Å². The summed E-state index contributed by atoms with van der Waals surface area (Å²) in [6, 6.07) is 20.2. The van der Waals surface area contributed by atoms with E-state index >= 15 is 0 Å². The second-order valence-corrected chi connectivity index (χ2v) is 5.23. The van der Waals surface area contributed by atoms with E-state index in [0.29, 0.717) is 13.0 Å². The fourth-order valence-electron chi connectivity index (χ4n) is 2.39. The highest BCUT2D eigenvalue weighted by Crippen LogP contribution is 2.12. The Morgan fingerprint density at radius 3 is 2.43 bits per heavy atom. The van der Waals surface area contributed by atoms with Gasteiger partial charge < -0.3 is 0 Å². The van der Waals surface area contributed by atoms with Crippen LogP contribution < -0.4 is 0 Å². The van der Waals surface area contributed by atoms with Crippen LogP contribution in [-0.4, -0.2) is 14.8 Å². The minimum absolute atomic E-state index is 0.207. The van der Waals surface area contributed by atoms with Gasteiger partial charge in [0.2, 0.25) is 0 Å². The zero-order valence-corrected chi connectivity index (χ0v) is 12.7. The molecular weight excluding hydrogens is 284 g/mol. The summed E-state index contributed by atoms with van der Waals surface area (Å²) in [5, 5.41) is 13.4. The third-order valence-electron chi connectivity index (χ3n) is 3.60. The number of nitrogens with zero attached hydrogens (tertiary/aromatic N) is 4. The zero-order chi connectivity index (χ0) is 16.1. The highest BCUT2D eigenvalue weighted by atomic mass is 15.3. The first kappa shape index (κ1) is 14.7. The van der Waals surface area contributed by atoms with Gasteiger partial charge in [-0.1, -0.05) is 67.3 Å². The third-order valence-corrected chi connectivity index (χ3v) is 3.60. The van der Waals surface area contributed by atoms with Gasteiger partial charge in [0, 0.05) is 6.42 Å². The fraction of sp³-hybridized carbons (Fsp3) is 0.105. The maximum Gasteiger partial charge on any atom is 0.252 e. The van der Waals surface area contributed by atoms with Gasteiger partial charge in [0.25, 0.3) is 5.82 Å². The van der Waals surface area contributed by atoms with E-state index in [9.17, 15) is 0 Å². The van der Waals surface area contributed by atoms with E-state index in [1.807, 2.05) is 66.7 Å². The monoisotopic (exact) mass is 300 g/mol. The molecule has 0 aliphatic carbocycles. The molecule has 0 spiro atoms. The van der Waals surface area contributed by atoms with E-state index < -0.39 is 0 Å². The SMILES string of the molecule is C=Cc1ccc(Cn2nc(C#N)nc2Cc2ccccc2)cc1. The van der Waals surface area contributed by atoms with Gasteiger partial charge in [-0.3, -0.25) is 0 Å². The molecule has 112 valence electrons. The summed E-state index contributed by atoms with van der Waals surface area (Å²) in [6.45, 7) is 4.35. The molecular formula is C19H16N4. The molecule has 0 fully saturated rings. The maximum atomic E-state index is 9.08. The Morgan fingerprint density at radius 1 is 1.04 bits per heavy atom. The molecule has 3 rings (SSSR count). The Morgan fingerprint density at radius 2 is 1.78 bits per heavy atom. The van der Waals surface area contributed by atoms with Gasteiger partial charge in [0.15, 0.2) is 0 Å². The molecule has 0 unspecified atom stereocenters. The van der Waals surface area contributed by atoms with Gasteiger partial charge in [-0.15, -0.1) is 5.10 Å². The summed E-state index contributed by atoms with van der Waals surface area (Å²) in [4.78, 5) is 4.33. The van der Waals surface area contributed by atoms with E-state index in [1.54, 1.807) is 4.68 Å². The number of hydrogen-bond donors (Lipinski definition) is 0. The lowest BCUT2D eigenvalue weighted by Crippen LogP contribution is -2.07. The Labute approximate surface area is 135 Å². The Hall–Kier alpha value is -3.19. The highest BCUT2D eigenvalue weighted by Gasteiger charge is 2.10. The summed E-state index contributed by atoms with van der Waals surface area (Å²) in [6.07, 6.45) is 2.47. The number of hydrogen-bond acceptors (Lipinski definition) is 3. The molecule has 1 heterocycles. The van der Waals surface area contributed by atoms with Crippen LogP contribution in [0.2, 0.25) is 0 Å². The largest absolute Gasteiger partial charge is 0.252 e. The fourth-order valence-corrected chi connectivity index (χ4v) is 2.39. The van der Waals surface area contributed by atoms with Gasteiger partial charge in [0.1, 0.15) is 11.9 Å². The number of benzene rings is 2. The van der Waals surface area contributed by atoms with Gasteiger partial charge >= 0.3 is 0 Å². The molecule has 0 saturated carbocycles. The van der Waals surface area contributed by atoms with E-state index in [-0.39, 0.29) is 5.82 Å². The Bertz CT molecular complexity index is 839.